The Labute approximate surface area is 180 Å². The number of benzene rings is 1. The molecule has 156 valence electrons. The zero-order chi connectivity index (χ0) is 20.8. The van der Waals surface area contributed by atoms with Crippen molar-refractivity contribution < 1.29 is 5.11 Å². The molecule has 6 rings (SSSR count). The molecule has 0 saturated carbocycles. The minimum absolute atomic E-state index is 0.205. The second kappa shape index (κ2) is 7.42. The van der Waals surface area contributed by atoms with E-state index in [2.05, 4.69) is 45.2 Å². The number of hydrogen-bond acceptors (Lipinski definition) is 6. The Bertz CT molecular complexity index is 1210. The number of hydrogen-bond donors (Lipinski definition) is 1. The van der Waals surface area contributed by atoms with E-state index in [1.54, 1.807) is 0 Å². The normalized spacial score (nSPS) is 19.1. The molecule has 31 heavy (non-hydrogen) atoms. The Balaban J connectivity index is 1.33. The van der Waals surface area contributed by atoms with Gasteiger partial charge in [0.15, 0.2) is 5.65 Å². The van der Waals surface area contributed by atoms with Gasteiger partial charge in [0.1, 0.15) is 0 Å². The smallest absolute Gasteiger partial charge is 0.225 e. The minimum Gasteiger partial charge on any atom is -0.393 e. The highest BCUT2D eigenvalue weighted by Crippen LogP contribution is 2.38. The Morgan fingerprint density at radius 1 is 0.903 bits per heavy atom. The lowest BCUT2D eigenvalue weighted by Crippen LogP contribution is -2.36. The van der Waals surface area contributed by atoms with Crippen molar-refractivity contribution in [3.8, 4) is 11.3 Å². The topological polar surface area (TPSA) is 79.4 Å². The van der Waals surface area contributed by atoms with Crippen molar-refractivity contribution in [2.75, 3.05) is 18.0 Å². The van der Waals surface area contributed by atoms with Gasteiger partial charge in [-0.05, 0) is 43.4 Å². The lowest BCUT2D eigenvalue weighted by molar-refractivity contribution is 0.145. The Kier molecular flexibility index (Phi) is 4.42. The number of aliphatic hydroxyl groups excluding tert-OH is 1. The Hall–Kier alpha value is -3.32. The molecule has 1 unspecified atom stereocenters. The van der Waals surface area contributed by atoms with Crippen molar-refractivity contribution >= 4 is 11.6 Å². The van der Waals surface area contributed by atoms with Crippen LogP contribution in [0.5, 0.6) is 0 Å². The molecule has 0 radical (unpaired) electrons. The first kappa shape index (κ1) is 18.4. The molecular weight excluding hydrogens is 388 g/mol. The van der Waals surface area contributed by atoms with E-state index in [1.807, 2.05) is 29.0 Å². The molecule has 1 N–H and O–H groups in total. The quantitative estimate of drug-likeness (QED) is 0.557. The van der Waals surface area contributed by atoms with Crippen LogP contribution in [0, 0.1) is 0 Å². The summed E-state index contributed by atoms with van der Waals surface area (Å²) in [6, 6.07) is 14.6. The predicted molar refractivity (Wildman–Crippen MR) is 118 cm³/mol. The van der Waals surface area contributed by atoms with E-state index in [9.17, 15) is 5.11 Å². The monoisotopic (exact) mass is 412 g/mol. The molecule has 1 aromatic carbocycles. The molecule has 1 aliphatic heterocycles. The van der Waals surface area contributed by atoms with Gasteiger partial charge < -0.3 is 10.0 Å². The number of aliphatic hydroxyl groups is 1. The van der Waals surface area contributed by atoms with E-state index >= 15 is 0 Å². The molecule has 3 aromatic heterocycles. The van der Waals surface area contributed by atoms with Crippen LogP contribution in [-0.2, 0) is 6.42 Å². The number of aryl methyl sites for hydroxylation is 1. The predicted octanol–water partition coefficient (Wildman–Crippen LogP) is 3.23. The number of nitrogens with zero attached hydrogens (tertiary/aromatic N) is 6. The summed E-state index contributed by atoms with van der Waals surface area (Å²) in [6.45, 7) is 1.57. The van der Waals surface area contributed by atoms with Crippen LogP contribution in [0.1, 0.15) is 42.1 Å². The number of aromatic nitrogens is 5. The lowest BCUT2D eigenvalue weighted by atomic mass is 9.97. The maximum atomic E-state index is 9.71. The van der Waals surface area contributed by atoms with Gasteiger partial charge in [0.25, 0.3) is 0 Å². The number of fused-ring (bicyclic) bond motifs is 3. The molecule has 2 aliphatic rings. The zero-order valence-corrected chi connectivity index (χ0v) is 17.2. The first-order valence-electron chi connectivity index (χ1n) is 11.0. The van der Waals surface area contributed by atoms with Crippen LogP contribution >= 0.6 is 0 Å². The molecule has 7 heteroatoms. The van der Waals surface area contributed by atoms with E-state index < -0.39 is 0 Å². The van der Waals surface area contributed by atoms with Gasteiger partial charge in [0, 0.05) is 37.0 Å². The van der Waals surface area contributed by atoms with Gasteiger partial charge in [-0.25, -0.2) is 19.5 Å². The third kappa shape index (κ3) is 3.25. The van der Waals surface area contributed by atoms with E-state index in [4.69, 9.17) is 10.1 Å². The van der Waals surface area contributed by atoms with Gasteiger partial charge in [0.05, 0.1) is 23.2 Å². The summed E-state index contributed by atoms with van der Waals surface area (Å²) in [5.41, 5.74) is 6.28. The van der Waals surface area contributed by atoms with Crippen LogP contribution in [0.3, 0.4) is 0 Å². The highest BCUT2D eigenvalue weighted by molar-refractivity contribution is 5.60. The van der Waals surface area contributed by atoms with Gasteiger partial charge >= 0.3 is 0 Å². The van der Waals surface area contributed by atoms with Crippen molar-refractivity contribution in [3.63, 3.8) is 0 Å². The fourth-order valence-electron chi connectivity index (χ4n) is 4.79. The Morgan fingerprint density at radius 2 is 1.68 bits per heavy atom. The third-order valence-electron chi connectivity index (χ3n) is 6.47. The molecule has 7 nitrogen and oxygen atoms in total. The molecule has 0 amide bonds. The van der Waals surface area contributed by atoms with Crippen molar-refractivity contribution in [1.82, 2.24) is 24.6 Å². The van der Waals surface area contributed by atoms with E-state index in [0.29, 0.717) is 11.9 Å². The van der Waals surface area contributed by atoms with Crippen LogP contribution in [0.15, 0.2) is 54.9 Å². The second-order valence-electron chi connectivity index (χ2n) is 8.42. The standard InChI is InChI=1S/C24H24N6O/c31-18-10-12-29(13-11-18)24-25-14-17(15-26-24)20-8-9-22-27-21-7-6-19(23(21)30(22)28-20)16-4-2-1-3-5-16/h1-5,8-9,14-15,18-19,31H,6-7,10-13H2. The Morgan fingerprint density at radius 3 is 2.45 bits per heavy atom. The largest absolute Gasteiger partial charge is 0.393 e. The van der Waals surface area contributed by atoms with Crippen LogP contribution in [-0.4, -0.2) is 48.9 Å². The summed E-state index contributed by atoms with van der Waals surface area (Å²) >= 11 is 0. The molecule has 1 saturated heterocycles. The summed E-state index contributed by atoms with van der Waals surface area (Å²) < 4.78 is 2.01. The fraction of sp³-hybridized carbons (Fsp3) is 0.333. The van der Waals surface area contributed by atoms with E-state index in [-0.39, 0.29) is 6.10 Å². The SMILES string of the molecule is OC1CCN(c2ncc(-c3ccc4nc5c(n4n3)C(c3ccccc3)CC5)cn2)CC1. The number of rotatable bonds is 3. The van der Waals surface area contributed by atoms with Gasteiger partial charge in [-0.2, -0.15) is 5.10 Å². The van der Waals surface area contributed by atoms with Crippen molar-refractivity contribution in [2.24, 2.45) is 0 Å². The van der Waals surface area contributed by atoms with Gasteiger partial charge in [-0.3, -0.25) is 0 Å². The number of imidazole rings is 1. The molecule has 1 aliphatic carbocycles. The average Bonchev–Trinajstić information content (AvgIpc) is 3.39. The number of anilines is 1. The van der Waals surface area contributed by atoms with Crippen LogP contribution in [0.25, 0.3) is 16.9 Å². The minimum atomic E-state index is -0.205. The highest BCUT2D eigenvalue weighted by atomic mass is 16.3. The van der Waals surface area contributed by atoms with Crippen LogP contribution in [0.4, 0.5) is 5.95 Å². The highest BCUT2D eigenvalue weighted by Gasteiger charge is 2.30. The third-order valence-corrected chi connectivity index (χ3v) is 6.47. The molecule has 4 aromatic rings. The summed E-state index contributed by atoms with van der Waals surface area (Å²) in [6.07, 6.45) is 7.05. The van der Waals surface area contributed by atoms with E-state index in [0.717, 1.165) is 61.4 Å². The van der Waals surface area contributed by atoms with Crippen LogP contribution in [0.2, 0.25) is 0 Å². The van der Waals surface area contributed by atoms with E-state index in [1.165, 1.54) is 11.3 Å². The zero-order valence-electron chi connectivity index (χ0n) is 17.2. The second-order valence-corrected chi connectivity index (χ2v) is 8.42. The average molecular weight is 412 g/mol. The van der Waals surface area contributed by atoms with Gasteiger partial charge in [0.2, 0.25) is 5.95 Å². The molecule has 1 atom stereocenters. The summed E-state index contributed by atoms with van der Waals surface area (Å²) in [5, 5.41) is 14.6. The summed E-state index contributed by atoms with van der Waals surface area (Å²) in [5.74, 6) is 1.03. The van der Waals surface area contributed by atoms with Crippen molar-refractivity contribution in [1.29, 1.82) is 0 Å². The van der Waals surface area contributed by atoms with Gasteiger partial charge in [-0.15, -0.1) is 0 Å². The number of piperidine rings is 1. The fourth-order valence-corrected chi connectivity index (χ4v) is 4.79. The first-order chi connectivity index (χ1) is 15.3. The molecule has 1 fully saturated rings. The molecular formula is C24H24N6O. The first-order valence-corrected chi connectivity index (χ1v) is 11.0. The van der Waals surface area contributed by atoms with Gasteiger partial charge in [-0.1, -0.05) is 30.3 Å². The van der Waals surface area contributed by atoms with Crippen LogP contribution < -0.4 is 4.90 Å². The lowest BCUT2D eigenvalue weighted by Gasteiger charge is -2.29. The maximum Gasteiger partial charge on any atom is 0.225 e. The molecule has 0 spiro atoms. The summed E-state index contributed by atoms with van der Waals surface area (Å²) in [7, 11) is 0. The summed E-state index contributed by atoms with van der Waals surface area (Å²) in [4.78, 5) is 16.1. The maximum absolute atomic E-state index is 9.71. The molecule has 0 bridgehead atoms. The molecule has 4 heterocycles. The van der Waals surface area contributed by atoms with Crippen molar-refractivity contribution in [3.05, 3.63) is 71.8 Å². The van der Waals surface area contributed by atoms with Crippen molar-refractivity contribution in [2.45, 2.75) is 37.7 Å².